The fraction of sp³-hybridized carbons (Fsp3) is 0.545. The van der Waals surface area contributed by atoms with Crippen LogP contribution in [0.2, 0.25) is 5.02 Å². The first-order chi connectivity index (χ1) is 7.08. The Morgan fingerprint density at radius 2 is 2.13 bits per heavy atom. The lowest BCUT2D eigenvalue weighted by atomic mass is 10.3. The maximum atomic E-state index is 5.77. The van der Waals surface area contributed by atoms with E-state index in [0.717, 1.165) is 11.6 Å². The van der Waals surface area contributed by atoms with Crippen LogP contribution in [0.3, 0.4) is 0 Å². The van der Waals surface area contributed by atoms with Gasteiger partial charge in [0, 0.05) is 24.0 Å². The van der Waals surface area contributed by atoms with Crippen LogP contribution in [-0.2, 0) is 0 Å². The Kier molecular flexibility index (Phi) is 5.43. The molecule has 1 rings (SSSR count). The van der Waals surface area contributed by atoms with E-state index in [1.165, 1.54) is 0 Å². The Morgan fingerprint density at radius 1 is 1.40 bits per heavy atom. The summed E-state index contributed by atoms with van der Waals surface area (Å²) >= 11 is 7.53. The van der Waals surface area contributed by atoms with Crippen LogP contribution >= 0.6 is 23.4 Å². The largest absolute Gasteiger partial charge is 0.313 e. The van der Waals surface area contributed by atoms with Gasteiger partial charge in [0.1, 0.15) is 0 Å². The SMILES string of the molecule is CC(C)NCC(C)Sc1ccc(Cl)cn1. The average molecular weight is 245 g/mol. The van der Waals surface area contributed by atoms with Gasteiger partial charge in [-0.3, -0.25) is 0 Å². The van der Waals surface area contributed by atoms with E-state index in [4.69, 9.17) is 11.6 Å². The zero-order chi connectivity index (χ0) is 11.3. The summed E-state index contributed by atoms with van der Waals surface area (Å²) in [5.41, 5.74) is 0. The van der Waals surface area contributed by atoms with E-state index in [0.29, 0.717) is 16.3 Å². The van der Waals surface area contributed by atoms with Gasteiger partial charge < -0.3 is 5.32 Å². The molecule has 0 aliphatic rings. The van der Waals surface area contributed by atoms with Gasteiger partial charge in [-0.1, -0.05) is 32.4 Å². The van der Waals surface area contributed by atoms with Gasteiger partial charge in [0.25, 0.3) is 0 Å². The third-order valence-electron chi connectivity index (χ3n) is 1.84. The molecule has 84 valence electrons. The minimum absolute atomic E-state index is 0.515. The number of aromatic nitrogens is 1. The van der Waals surface area contributed by atoms with Crippen molar-refractivity contribution in [1.29, 1.82) is 0 Å². The first-order valence-corrected chi connectivity index (χ1v) is 6.35. The molecule has 0 radical (unpaired) electrons. The summed E-state index contributed by atoms with van der Waals surface area (Å²) in [7, 11) is 0. The molecule has 0 fully saturated rings. The summed E-state index contributed by atoms with van der Waals surface area (Å²) in [5, 5.41) is 5.63. The first-order valence-electron chi connectivity index (χ1n) is 5.09. The van der Waals surface area contributed by atoms with E-state index in [2.05, 4.69) is 31.1 Å². The second kappa shape index (κ2) is 6.36. The van der Waals surface area contributed by atoms with Gasteiger partial charge >= 0.3 is 0 Å². The van der Waals surface area contributed by atoms with E-state index in [-0.39, 0.29) is 0 Å². The number of hydrogen-bond donors (Lipinski definition) is 1. The van der Waals surface area contributed by atoms with Crippen molar-refractivity contribution in [2.75, 3.05) is 6.54 Å². The topological polar surface area (TPSA) is 24.9 Å². The van der Waals surface area contributed by atoms with Gasteiger partial charge in [0.2, 0.25) is 0 Å². The van der Waals surface area contributed by atoms with Crippen LogP contribution in [0.1, 0.15) is 20.8 Å². The van der Waals surface area contributed by atoms with Crippen molar-refractivity contribution in [3.05, 3.63) is 23.4 Å². The molecule has 2 nitrogen and oxygen atoms in total. The van der Waals surface area contributed by atoms with Crippen LogP contribution in [0.25, 0.3) is 0 Å². The summed E-state index contributed by atoms with van der Waals surface area (Å²) in [6, 6.07) is 4.37. The molecule has 1 aromatic rings. The van der Waals surface area contributed by atoms with Crippen LogP contribution in [0.4, 0.5) is 0 Å². The van der Waals surface area contributed by atoms with Crippen LogP contribution in [0.5, 0.6) is 0 Å². The summed E-state index contributed by atoms with van der Waals surface area (Å²) in [6.07, 6.45) is 1.69. The summed E-state index contributed by atoms with van der Waals surface area (Å²) in [6.45, 7) is 7.48. The van der Waals surface area contributed by atoms with Crippen molar-refractivity contribution in [3.63, 3.8) is 0 Å². The Hall–Kier alpha value is -0.250. The Balaban J connectivity index is 2.37. The minimum atomic E-state index is 0.515. The zero-order valence-corrected chi connectivity index (χ0v) is 10.9. The highest BCUT2D eigenvalue weighted by Gasteiger charge is 2.05. The molecule has 0 saturated carbocycles. The highest BCUT2D eigenvalue weighted by atomic mass is 35.5. The van der Waals surface area contributed by atoms with E-state index >= 15 is 0 Å². The van der Waals surface area contributed by atoms with Crippen molar-refractivity contribution >= 4 is 23.4 Å². The molecular weight excluding hydrogens is 228 g/mol. The van der Waals surface area contributed by atoms with Gasteiger partial charge in [-0.05, 0) is 12.1 Å². The number of pyridine rings is 1. The Labute approximate surface area is 101 Å². The molecule has 1 atom stereocenters. The molecule has 4 heteroatoms. The predicted molar refractivity (Wildman–Crippen MR) is 67.7 cm³/mol. The molecule has 1 aromatic heterocycles. The molecule has 15 heavy (non-hydrogen) atoms. The number of nitrogens with one attached hydrogen (secondary N) is 1. The van der Waals surface area contributed by atoms with Crippen molar-refractivity contribution in [2.24, 2.45) is 0 Å². The third-order valence-corrected chi connectivity index (χ3v) is 3.11. The first kappa shape index (κ1) is 12.8. The fourth-order valence-corrected chi connectivity index (χ4v) is 2.05. The molecule has 0 bridgehead atoms. The highest BCUT2D eigenvalue weighted by molar-refractivity contribution is 7.99. The van der Waals surface area contributed by atoms with Crippen LogP contribution < -0.4 is 5.32 Å². The van der Waals surface area contributed by atoms with Gasteiger partial charge in [-0.25, -0.2) is 4.98 Å². The van der Waals surface area contributed by atoms with Crippen molar-refractivity contribution in [2.45, 2.75) is 37.1 Å². The molecule has 0 spiro atoms. The normalized spacial score (nSPS) is 13.1. The van der Waals surface area contributed by atoms with Crippen LogP contribution in [0.15, 0.2) is 23.4 Å². The molecule has 1 N–H and O–H groups in total. The standard InChI is InChI=1S/C11H17ClN2S/c1-8(2)13-6-9(3)15-11-5-4-10(12)7-14-11/h4-5,7-9,13H,6H2,1-3H3. The fourth-order valence-electron chi connectivity index (χ4n) is 1.08. The highest BCUT2D eigenvalue weighted by Crippen LogP contribution is 2.21. The van der Waals surface area contributed by atoms with E-state index in [9.17, 15) is 0 Å². The van der Waals surface area contributed by atoms with E-state index in [1.54, 1.807) is 18.0 Å². The van der Waals surface area contributed by atoms with Crippen molar-refractivity contribution in [1.82, 2.24) is 10.3 Å². The van der Waals surface area contributed by atoms with Crippen molar-refractivity contribution < 1.29 is 0 Å². The second-order valence-corrected chi connectivity index (χ2v) is 5.70. The average Bonchev–Trinajstić information content (AvgIpc) is 2.19. The van der Waals surface area contributed by atoms with Gasteiger partial charge in [0.15, 0.2) is 0 Å². The molecule has 0 aromatic carbocycles. The molecule has 0 aliphatic carbocycles. The lowest BCUT2D eigenvalue weighted by Crippen LogP contribution is -2.29. The Bertz CT molecular complexity index is 287. The maximum absolute atomic E-state index is 5.77. The Morgan fingerprint density at radius 3 is 2.67 bits per heavy atom. The number of halogens is 1. The lowest BCUT2D eigenvalue weighted by molar-refractivity contribution is 0.589. The molecule has 0 aliphatic heterocycles. The predicted octanol–water partition coefficient (Wildman–Crippen LogP) is 3.21. The van der Waals surface area contributed by atoms with Crippen molar-refractivity contribution in [3.8, 4) is 0 Å². The van der Waals surface area contributed by atoms with Gasteiger partial charge in [0.05, 0.1) is 10.0 Å². The second-order valence-electron chi connectivity index (χ2n) is 3.81. The van der Waals surface area contributed by atoms with Crippen LogP contribution in [0, 0.1) is 0 Å². The van der Waals surface area contributed by atoms with E-state index in [1.807, 2.05) is 12.1 Å². The maximum Gasteiger partial charge on any atom is 0.0964 e. The molecule has 1 unspecified atom stereocenters. The smallest absolute Gasteiger partial charge is 0.0964 e. The number of rotatable bonds is 5. The van der Waals surface area contributed by atoms with Gasteiger partial charge in [-0.2, -0.15) is 0 Å². The summed E-state index contributed by atoms with van der Waals surface area (Å²) < 4.78 is 0. The third kappa shape index (κ3) is 5.40. The minimum Gasteiger partial charge on any atom is -0.313 e. The quantitative estimate of drug-likeness (QED) is 0.806. The number of nitrogens with zero attached hydrogens (tertiary/aromatic N) is 1. The van der Waals surface area contributed by atoms with Crippen LogP contribution in [-0.4, -0.2) is 22.8 Å². The zero-order valence-electron chi connectivity index (χ0n) is 9.33. The summed E-state index contributed by atoms with van der Waals surface area (Å²) in [5.74, 6) is 0. The van der Waals surface area contributed by atoms with E-state index < -0.39 is 0 Å². The number of thioether (sulfide) groups is 1. The molecule has 0 amide bonds. The monoisotopic (exact) mass is 244 g/mol. The molecular formula is C11H17ClN2S. The van der Waals surface area contributed by atoms with Gasteiger partial charge in [-0.15, -0.1) is 11.8 Å². The lowest BCUT2D eigenvalue weighted by Gasteiger charge is -2.13. The molecule has 0 saturated heterocycles. The summed E-state index contributed by atoms with van der Waals surface area (Å²) in [4.78, 5) is 4.25. The number of hydrogen-bond acceptors (Lipinski definition) is 3. The molecule has 1 heterocycles.